The van der Waals surface area contributed by atoms with E-state index >= 15 is 0 Å². The van der Waals surface area contributed by atoms with E-state index in [4.69, 9.17) is 14.5 Å². The SMILES string of the molecule is O=c1ccn([C@@H]2O[C@H](COP(=O)(O)OP(=O)(O)O)C(O)C2O)c(=O)n1Cc1cc(C2CCCC2)ccn1. The molecule has 1 aliphatic carbocycles. The van der Waals surface area contributed by atoms with E-state index < -0.39 is 58.0 Å². The van der Waals surface area contributed by atoms with Crippen molar-refractivity contribution in [2.45, 2.75) is 62.7 Å². The smallest absolute Gasteiger partial charge is 0.387 e. The number of rotatable bonds is 9. The molecule has 2 aromatic rings. The summed E-state index contributed by atoms with van der Waals surface area (Å²) in [4.78, 5) is 56.7. The Morgan fingerprint density at radius 3 is 2.46 bits per heavy atom. The number of phosphoric acid groups is 2. The number of phosphoric ester groups is 1. The highest BCUT2D eigenvalue weighted by atomic mass is 31.3. The fraction of sp³-hybridized carbons (Fsp3) is 0.550. The number of aromatic nitrogens is 3. The van der Waals surface area contributed by atoms with Crippen LogP contribution in [-0.2, 0) is 29.2 Å². The molecule has 5 N–H and O–H groups in total. The summed E-state index contributed by atoms with van der Waals surface area (Å²) in [5, 5.41) is 20.7. The summed E-state index contributed by atoms with van der Waals surface area (Å²) >= 11 is 0. The molecular weight excluding hydrogens is 536 g/mol. The van der Waals surface area contributed by atoms with E-state index in [1.165, 1.54) is 0 Å². The molecule has 5 atom stereocenters. The molecule has 15 nitrogen and oxygen atoms in total. The second-order valence-electron chi connectivity index (χ2n) is 8.87. The lowest BCUT2D eigenvalue weighted by Crippen LogP contribution is -2.43. The average Bonchev–Trinajstić information content (AvgIpc) is 3.44. The Hall–Kier alpha value is -2.03. The van der Waals surface area contributed by atoms with Gasteiger partial charge >= 0.3 is 21.3 Å². The van der Waals surface area contributed by atoms with Gasteiger partial charge in [0, 0.05) is 18.5 Å². The molecule has 1 saturated carbocycles. The Morgan fingerprint density at radius 1 is 1.08 bits per heavy atom. The highest BCUT2D eigenvalue weighted by molar-refractivity contribution is 7.60. The van der Waals surface area contributed by atoms with E-state index in [1.54, 1.807) is 6.20 Å². The maximum Gasteiger partial charge on any atom is 0.481 e. The highest BCUT2D eigenvalue weighted by Crippen LogP contribution is 2.57. The number of hydrogen-bond acceptors (Lipinski definition) is 10. The summed E-state index contributed by atoms with van der Waals surface area (Å²) in [6, 6.07) is 4.84. The maximum absolute atomic E-state index is 13.2. The number of pyridine rings is 1. The monoisotopic (exact) mass is 563 g/mol. The van der Waals surface area contributed by atoms with Crippen molar-refractivity contribution in [2.24, 2.45) is 0 Å². The number of hydrogen-bond donors (Lipinski definition) is 5. The summed E-state index contributed by atoms with van der Waals surface area (Å²) < 4.78 is 37.8. The van der Waals surface area contributed by atoms with Crippen molar-refractivity contribution >= 4 is 15.6 Å². The molecule has 37 heavy (non-hydrogen) atoms. The Kier molecular flexibility index (Phi) is 8.31. The fourth-order valence-electron chi connectivity index (χ4n) is 4.55. The van der Waals surface area contributed by atoms with E-state index in [0.717, 1.165) is 52.6 Å². The summed E-state index contributed by atoms with van der Waals surface area (Å²) in [5.74, 6) is 0.398. The highest BCUT2D eigenvalue weighted by Gasteiger charge is 2.46. The van der Waals surface area contributed by atoms with Gasteiger partial charge in [-0.05, 0) is 36.5 Å². The first-order valence-electron chi connectivity index (χ1n) is 11.4. The molecule has 0 bridgehead atoms. The van der Waals surface area contributed by atoms with Crippen LogP contribution in [-0.4, -0.2) is 63.9 Å². The summed E-state index contributed by atoms with van der Waals surface area (Å²) in [6.45, 7) is -1.07. The Morgan fingerprint density at radius 2 is 1.78 bits per heavy atom. The molecule has 204 valence electrons. The predicted molar refractivity (Wildman–Crippen MR) is 124 cm³/mol. The van der Waals surface area contributed by atoms with Gasteiger partial charge in [-0.1, -0.05) is 12.8 Å². The van der Waals surface area contributed by atoms with Gasteiger partial charge in [-0.3, -0.25) is 23.4 Å². The quantitative estimate of drug-likeness (QED) is 0.253. The van der Waals surface area contributed by atoms with Gasteiger partial charge in [-0.25, -0.2) is 13.9 Å². The van der Waals surface area contributed by atoms with Crippen molar-refractivity contribution in [1.82, 2.24) is 14.1 Å². The molecule has 2 aromatic heterocycles. The minimum Gasteiger partial charge on any atom is -0.387 e. The van der Waals surface area contributed by atoms with Crippen LogP contribution in [0.1, 0.15) is 49.1 Å². The molecule has 17 heteroatoms. The average molecular weight is 563 g/mol. The maximum atomic E-state index is 13.2. The first kappa shape index (κ1) is 28.0. The predicted octanol–water partition coefficient (Wildman–Crippen LogP) is -0.0436. The molecule has 0 radical (unpaired) electrons. The van der Waals surface area contributed by atoms with Crippen molar-refractivity contribution in [3.05, 3.63) is 62.7 Å². The van der Waals surface area contributed by atoms with Crippen LogP contribution in [0.3, 0.4) is 0 Å². The molecule has 2 aliphatic rings. The molecule has 1 aliphatic heterocycles. The van der Waals surface area contributed by atoms with Crippen LogP contribution < -0.4 is 11.2 Å². The second kappa shape index (κ2) is 11.0. The van der Waals surface area contributed by atoms with Crippen LogP contribution in [0.25, 0.3) is 0 Å². The van der Waals surface area contributed by atoms with Crippen LogP contribution in [0, 0.1) is 0 Å². The van der Waals surface area contributed by atoms with Crippen LogP contribution in [0.2, 0.25) is 0 Å². The van der Waals surface area contributed by atoms with Gasteiger partial charge < -0.3 is 29.6 Å². The standard InChI is InChI=1S/C20H27N3O12P2/c24-16-6-8-22(19-18(26)17(25)15(34-19)11-33-37(31,32)35-36(28,29)30)20(27)23(16)10-14-9-13(5-7-21-14)12-3-1-2-4-12/h5-9,12,15,17-19,25-26H,1-4,10-11H2,(H,31,32)(H2,28,29,30)/t15-,17?,18?,19-/m1/s1. The van der Waals surface area contributed by atoms with Gasteiger partial charge in [-0.2, -0.15) is 4.31 Å². The zero-order chi connectivity index (χ0) is 27.0. The number of aliphatic hydroxyl groups is 2. The van der Waals surface area contributed by atoms with Crippen LogP contribution >= 0.6 is 15.6 Å². The van der Waals surface area contributed by atoms with Gasteiger partial charge in [0.05, 0.1) is 18.8 Å². The topological polar surface area (TPSA) is 220 Å². The lowest BCUT2D eigenvalue weighted by atomic mass is 9.98. The number of aliphatic hydroxyl groups excluding tert-OH is 2. The molecule has 3 heterocycles. The third-order valence-corrected chi connectivity index (χ3v) is 8.46. The van der Waals surface area contributed by atoms with E-state index in [-0.39, 0.29) is 6.54 Å². The molecule has 0 aromatic carbocycles. The summed E-state index contributed by atoms with van der Waals surface area (Å²) in [6.07, 6.45) is 0.639. The molecule has 0 spiro atoms. The largest absolute Gasteiger partial charge is 0.481 e. The van der Waals surface area contributed by atoms with Gasteiger partial charge in [0.15, 0.2) is 6.23 Å². The van der Waals surface area contributed by atoms with Crippen molar-refractivity contribution in [3.63, 3.8) is 0 Å². The van der Waals surface area contributed by atoms with E-state index in [2.05, 4.69) is 13.8 Å². The van der Waals surface area contributed by atoms with Crippen LogP contribution in [0.5, 0.6) is 0 Å². The lowest BCUT2D eigenvalue weighted by Gasteiger charge is -2.19. The third-order valence-electron chi connectivity index (χ3n) is 6.31. The van der Waals surface area contributed by atoms with Crippen molar-refractivity contribution in [1.29, 1.82) is 0 Å². The zero-order valence-electron chi connectivity index (χ0n) is 19.3. The first-order chi connectivity index (χ1) is 17.3. The first-order valence-corrected chi connectivity index (χ1v) is 14.4. The summed E-state index contributed by atoms with van der Waals surface area (Å²) in [5.41, 5.74) is 0.0783. The van der Waals surface area contributed by atoms with E-state index in [1.807, 2.05) is 12.1 Å². The van der Waals surface area contributed by atoms with E-state index in [9.17, 15) is 33.8 Å². The molecule has 0 amide bonds. The van der Waals surface area contributed by atoms with Gasteiger partial charge in [0.1, 0.15) is 18.3 Å². The fourth-order valence-corrected chi connectivity index (χ4v) is 6.15. The van der Waals surface area contributed by atoms with Gasteiger partial charge in [0.2, 0.25) is 0 Å². The molecule has 1 saturated heterocycles. The normalized spacial score (nSPS) is 26.4. The van der Waals surface area contributed by atoms with Gasteiger partial charge in [0.25, 0.3) is 5.56 Å². The minimum atomic E-state index is -5.37. The third kappa shape index (κ3) is 6.70. The van der Waals surface area contributed by atoms with Crippen molar-refractivity contribution in [2.75, 3.05) is 6.61 Å². The van der Waals surface area contributed by atoms with Gasteiger partial charge in [-0.15, -0.1) is 0 Å². The molecule has 4 rings (SSSR count). The van der Waals surface area contributed by atoms with Crippen LogP contribution in [0.15, 0.2) is 40.2 Å². The van der Waals surface area contributed by atoms with Crippen molar-refractivity contribution in [3.8, 4) is 0 Å². The molecule has 3 unspecified atom stereocenters. The zero-order valence-corrected chi connectivity index (χ0v) is 21.1. The Balaban J connectivity index is 1.52. The van der Waals surface area contributed by atoms with Crippen LogP contribution in [0.4, 0.5) is 0 Å². The van der Waals surface area contributed by atoms with Crippen molar-refractivity contribution < 1.29 is 47.6 Å². The number of ether oxygens (including phenoxy) is 1. The van der Waals surface area contributed by atoms with E-state index in [0.29, 0.717) is 11.6 Å². The lowest BCUT2D eigenvalue weighted by molar-refractivity contribution is -0.0547. The number of nitrogens with zero attached hydrogens (tertiary/aromatic N) is 3. The molecular formula is C20H27N3O12P2. The Labute approximate surface area is 209 Å². The Bertz CT molecular complexity index is 1330. The second-order valence-corrected chi connectivity index (χ2v) is 11.7. The molecule has 2 fully saturated rings. The minimum absolute atomic E-state index is 0.148. The summed E-state index contributed by atoms with van der Waals surface area (Å²) in [7, 11) is -10.6.